The second-order valence-corrected chi connectivity index (χ2v) is 16.0. The molecular formula is C52H90O6. The molecule has 0 amide bonds. The lowest BCUT2D eigenvalue weighted by molar-refractivity contribution is -0.167. The Morgan fingerprint density at radius 1 is 0.362 bits per heavy atom. The van der Waals surface area contributed by atoms with Crippen molar-refractivity contribution in [2.45, 2.75) is 239 Å². The highest BCUT2D eigenvalue weighted by molar-refractivity contribution is 5.71. The first-order chi connectivity index (χ1) is 28.5. The predicted molar refractivity (Wildman–Crippen MR) is 247 cm³/mol. The first-order valence-electron chi connectivity index (χ1n) is 24.3. The van der Waals surface area contributed by atoms with Gasteiger partial charge in [0.05, 0.1) is 0 Å². The Morgan fingerprint density at radius 3 is 1.14 bits per heavy atom. The van der Waals surface area contributed by atoms with Gasteiger partial charge in [0.1, 0.15) is 13.2 Å². The summed E-state index contributed by atoms with van der Waals surface area (Å²) in [4.78, 5) is 37.8. The second kappa shape index (κ2) is 46.8. The molecule has 1 unspecified atom stereocenters. The van der Waals surface area contributed by atoms with Gasteiger partial charge in [0.2, 0.25) is 0 Å². The van der Waals surface area contributed by atoms with Gasteiger partial charge >= 0.3 is 17.9 Å². The lowest BCUT2D eigenvalue weighted by atomic mass is 10.1. The zero-order valence-corrected chi connectivity index (χ0v) is 38.0. The van der Waals surface area contributed by atoms with Crippen LogP contribution in [-0.4, -0.2) is 37.2 Å². The first-order valence-corrected chi connectivity index (χ1v) is 24.3. The molecule has 334 valence electrons. The van der Waals surface area contributed by atoms with Crippen LogP contribution in [0.1, 0.15) is 233 Å². The van der Waals surface area contributed by atoms with Crippen molar-refractivity contribution in [3.8, 4) is 0 Å². The fraction of sp³-hybridized carbons (Fsp3) is 0.750. The maximum Gasteiger partial charge on any atom is 0.306 e. The van der Waals surface area contributed by atoms with E-state index in [2.05, 4.69) is 81.5 Å². The van der Waals surface area contributed by atoms with E-state index < -0.39 is 6.10 Å². The molecule has 0 saturated carbocycles. The summed E-state index contributed by atoms with van der Waals surface area (Å²) in [7, 11) is 0. The highest BCUT2D eigenvalue weighted by Crippen LogP contribution is 2.14. The number of carbonyl (C=O) groups excluding carboxylic acids is 3. The van der Waals surface area contributed by atoms with Crippen LogP contribution in [0.25, 0.3) is 0 Å². The molecule has 0 aromatic heterocycles. The van der Waals surface area contributed by atoms with Gasteiger partial charge in [0.15, 0.2) is 6.10 Å². The Kier molecular flexibility index (Phi) is 44.5. The minimum absolute atomic E-state index is 0.0914. The number of esters is 3. The second-order valence-electron chi connectivity index (χ2n) is 16.0. The number of ether oxygens (including phenoxy) is 3. The number of hydrogen-bond donors (Lipinski definition) is 0. The highest BCUT2D eigenvalue weighted by Gasteiger charge is 2.19. The zero-order chi connectivity index (χ0) is 42.3. The molecule has 0 N–H and O–H groups in total. The molecule has 0 aliphatic carbocycles. The van der Waals surface area contributed by atoms with Gasteiger partial charge in [0.25, 0.3) is 0 Å². The lowest BCUT2D eigenvalue weighted by Crippen LogP contribution is -2.30. The van der Waals surface area contributed by atoms with Crippen LogP contribution in [0.15, 0.2) is 60.8 Å². The van der Waals surface area contributed by atoms with Crippen molar-refractivity contribution in [2.24, 2.45) is 0 Å². The van der Waals surface area contributed by atoms with Gasteiger partial charge in [0, 0.05) is 19.3 Å². The molecule has 0 aromatic rings. The molecule has 6 heteroatoms. The van der Waals surface area contributed by atoms with Gasteiger partial charge in [-0.2, -0.15) is 0 Å². The third-order valence-electron chi connectivity index (χ3n) is 10.2. The van der Waals surface area contributed by atoms with E-state index in [1.54, 1.807) is 0 Å². The molecule has 6 nitrogen and oxygen atoms in total. The molecule has 0 spiro atoms. The Hall–Kier alpha value is -2.89. The molecule has 0 saturated heterocycles. The summed E-state index contributed by atoms with van der Waals surface area (Å²) >= 11 is 0. The van der Waals surface area contributed by atoms with E-state index in [1.807, 2.05) is 0 Å². The topological polar surface area (TPSA) is 78.9 Å². The van der Waals surface area contributed by atoms with E-state index in [1.165, 1.54) is 109 Å². The molecule has 0 aromatic carbocycles. The maximum atomic E-state index is 12.7. The molecular weight excluding hydrogens is 721 g/mol. The van der Waals surface area contributed by atoms with Crippen LogP contribution in [-0.2, 0) is 28.6 Å². The number of unbranched alkanes of at least 4 members (excludes halogenated alkanes) is 22. The number of allylic oxidation sites excluding steroid dienone is 10. The first kappa shape index (κ1) is 55.1. The normalized spacial score (nSPS) is 12.5. The van der Waals surface area contributed by atoms with Crippen LogP contribution in [0, 0.1) is 0 Å². The summed E-state index contributed by atoms with van der Waals surface area (Å²) in [5.41, 5.74) is 0. The third kappa shape index (κ3) is 44.2. The number of carbonyl (C=O) groups is 3. The third-order valence-corrected chi connectivity index (χ3v) is 10.2. The fourth-order valence-electron chi connectivity index (χ4n) is 6.57. The fourth-order valence-corrected chi connectivity index (χ4v) is 6.57. The summed E-state index contributed by atoms with van der Waals surface area (Å²) in [5, 5.41) is 0. The zero-order valence-electron chi connectivity index (χ0n) is 38.0. The molecule has 0 fully saturated rings. The van der Waals surface area contributed by atoms with E-state index in [0.717, 1.165) is 77.0 Å². The summed E-state index contributed by atoms with van der Waals surface area (Å²) in [6, 6.07) is 0. The van der Waals surface area contributed by atoms with E-state index in [0.29, 0.717) is 25.7 Å². The van der Waals surface area contributed by atoms with Crippen molar-refractivity contribution in [3.05, 3.63) is 60.8 Å². The average molecular weight is 811 g/mol. The van der Waals surface area contributed by atoms with Crippen molar-refractivity contribution < 1.29 is 28.6 Å². The molecule has 0 rings (SSSR count). The molecule has 0 radical (unpaired) electrons. The highest BCUT2D eigenvalue weighted by atomic mass is 16.6. The molecule has 0 aliphatic rings. The van der Waals surface area contributed by atoms with Crippen molar-refractivity contribution in [1.82, 2.24) is 0 Å². The molecule has 0 heterocycles. The van der Waals surface area contributed by atoms with Crippen molar-refractivity contribution in [3.63, 3.8) is 0 Å². The van der Waals surface area contributed by atoms with Crippen LogP contribution in [0.5, 0.6) is 0 Å². The van der Waals surface area contributed by atoms with Gasteiger partial charge < -0.3 is 14.2 Å². The Balaban J connectivity index is 4.38. The number of hydrogen-bond acceptors (Lipinski definition) is 6. The summed E-state index contributed by atoms with van der Waals surface area (Å²) in [6.07, 6.45) is 56.4. The van der Waals surface area contributed by atoms with Gasteiger partial charge in [-0.05, 0) is 96.3 Å². The van der Waals surface area contributed by atoms with Crippen LogP contribution in [0.3, 0.4) is 0 Å². The van der Waals surface area contributed by atoms with E-state index in [-0.39, 0.29) is 31.1 Å². The van der Waals surface area contributed by atoms with Crippen molar-refractivity contribution >= 4 is 17.9 Å². The maximum absolute atomic E-state index is 12.7. The van der Waals surface area contributed by atoms with Crippen LogP contribution in [0.2, 0.25) is 0 Å². The van der Waals surface area contributed by atoms with Gasteiger partial charge in [-0.15, -0.1) is 0 Å². The van der Waals surface area contributed by atoms with Crippen LogP contribution >= 0.6 is 0 Å². The van der Waals surface area contributed by atoms with Crippen molar-refractivity contribution in [1.29, 1.82) is 0 Å². The molecule has 0 bridgehead atoms. The molecule has 0 aliphatic heterocycles. The van der Waals surface area contributed by atoms with Crippen LogP contribution in [0.4, 0.5) is 0 Å². The van der Waals surface area contributed by atoms with Gasteiger partial charge in [-0.1, -0.05) is 178 Å². The Bertz CT molecular complexity index is 1070. The smallest absolute Gasteiger partial charge is 0.306 e. The molecule has 1 atom stereocenters. The van der Waals surface area contributed by atoms with Gasteiger partial charge in [-0.25, -0.2) is 0 Å². The SMILES string of the molecule is CC/C=C\C/C=C\C/C=C\CCCCCCCCC(=O)OCC(COC(=O)CCC/C=C\CCCCCC)OC(=O)CCCCCCCCC/C=C\CCCCCC. The van der Waals surface area contributed by atoms with Crippen molar-refractivity contribution in [2.75, 3.05) is 13.2 Å². The number of rotatable bonds is 43. The minimum atomic E-state index is -0.790. The summed E-state index contributed by atoms with van der Waals surface area (Å²) in [5.74, 6) is -0.945. The monoisotopic (exact) mass is 811 g/mol. The standard InChI is InChI=1S/C52H90O6/c1-4-7-10-13-16-19-21-23-25-27-28-30-33-36-39-42-45-51(54)57-48-49(47-56-50(53)44-41-38-35-32-18-15-12-9-6-3)58-52(55)46-43-40-37-34-31-29-26-24-22-20-17-14-11-8-5-2/h7,10,16,19-20,22-23,25,32,35,49H,4-6,8-9,11-15,17-18,21,24,26-31,33-34,36-48H2,1-3H3/b10-7-,19-16-,22-20-,25-23-,35-32-. The quantitative estimate of drug-likeness (QED) is 0.0264. The summed E-state index contributed by atoms with van der Waals surface area (Å²) in [6.45, 7) is 6.43. The van der Waals surface area contributed by atoms with E-state index in [4.69, 9.17) is 14.2 Å². The van der Waals surface area contributed by atoms with E-state index in [9.17, 15) is 14.4 Å². The van der Waals surface area contributed by atoms with Gasteiger partial charge in [-0.3, -0.25) is 14.4 Å². The molecule has 58 heavy (non-hydrogen) atoms. The Labute approximate surface area is 358 Å². The lowest BCUT2D eigenvalue weighted by Gasteiger charge is -2.18. The van der Waals surface area contributed by atoms with E-state index >= 15 is 0 Å². The minimum Gasteiger partial charge on any atom is -0.462 e. The average Bonchev–Trinajstić information content (AvgIpc) is 3.22. The Morgan fingerprint density at radius 2 is 0.690 bits per heavy atom. The predicted octanol–water partition coefficient (Wildman–Crippen LogP) is 15.7. The largest absolute Gasteiger partial charge is 0.462 e. The van der Waals surface area contributed by atoms with Crippen LogP contribution < -0.4 is 0 Å². The summed E-state index contributed by atoms with van der Waals surface area (Å²) < 4.78 is 16.7.